The van der Waals surface area contributed by atoms with Gasteiger partial charge in [-0.15, -0.1) is 0 Å². The van der Waals surface area contributed by atoms with Gasteiger partial charge in [0.25, 0.3) is 5.91 Å². The number of aryl methyl sites for hydroxylation is 1. The third-order valence-electron chi connectivity index (χ3n) is 3.57. The number of nitrogens with one attached hydrogen (secondary N) is 1. The largest absolute Gasteiger partial charge is 0.497 e. The summed E-state index contributed by atoms with van der Waals surface area (Å²) >= 11 is 5.82. The van der Waals surface area contributed by atoms with Crippen molar-refractivity contribution in [3.8, 4) is 11.5 Å². The Morgan fingerprint density at radius 3 is 2.62 bits per heavy atom. The Morgan fingerprint density at radius 2 is 1.92 bits per heavy atom. The fraction of sp³-hybridized carbons (Fsp3) is 0.316. The molecule has 128 valence electrons. The Bertz CT molecular complexity index is 658. The first-order chi connectivity index (χ1) is 11.6. The van der Waals surface area contributed by atoms with Crippen molar-refractivity contribution in [3.05, 3.63) is 59.1 Å². The minimum absolute atomic E-state index is 0.129. The Kier molecular flexibility index (Phi) is 6.94. The summed E-state index contributed by atoms with van der Waals surface area (Å²) in [5.74, 6) is 1.34. The van der Waals surface area contributed by atoms with Crippen LogP contribution < -0.4 is 14.8 Å². The van der Waals surface area contributed by atoms with Crippen molar-refractivity contribution in [1.82, 2.24) is 5.32 Å². The van der Waals surface area contributed by atoms with Gasteiger partial charge in [0, 0.05) is 11.6 Å². The van der Waals surface area contributed by atoms with Crippen LogP contribution >= 0.6 is 11.6 Å². The molecular weight excluding hydrogens is 326 g/mol. The van der Waals surface area contributed by atoms with Gasteiger partial charge in [-0.05, 0) is 61.7 Å². The third kappa shape index (κ3) is 5.78. The molecule has 2 aromatic carbocycles. The Labute approximate surface area is 147 Å². The van der Waals surface area contributed by atoms with Gasteiger partial charge in [-0.1, -0.05) is 23.7 Å². The van der Waals surface area contributed by atoms with Crippen molar-refractivity contribution < 1.29 is 14.3 Å². The summed E-state index contributed by atoms with van der Waals surface area (Å²) in [4.78, 5) is 12.0. The fourth-order valence-corrected chi connectivity index (χ4v) is 2.37. The number of hydrogen-bond acceptors (Lipinski definition) is 3. The molecule has 0 saturated carbocycles. The normalized spacial score (nSPS) is 11.6. The maximum atomic E-state index is 12.0. The molecule has 0 saturated heterocycles. The highest BCUT2D eigenvalue weighted by Gasteiger charge is 2.13. The molecule has 0 spiro atoms. The highest BCUT2D eigenvalue weighted by Crippen LogP contribution is 2.17. The van der Waals surface area contributed by atoms with Gasteiger partial charge < -0.3 is 14.8 Å². The number of methoxy groups -OCH3 is 1. The van der Waals surface area contributed by atoms with Gasteiger partial charge in [-0.25, -0.2) is 0 Å². The lowest BCUT2D eigenvalue weighted by atomic mass is 10.1. The second-order valence-corrected chi connectivity index (χ2v) is 5.90. The summed E-state index contributed by atoms with van der Waals surface area (Å²) in [6.45, 7) is 2.33. The molecule has 5 heteroatoms. The van der Waals surface area contributed by atoms with Crippen molar-refractivity contribution in [2.45, 2.75) is 25.9 Å². The minimum atomic E-state index is -0.553. The van der Waals surface area contributed by atoms with Crippen molar-refractivity contribution in [2.75, 3.05) is 13.7 Å². The molecule has 2 rings (SSSR count). The van der Waals surface area contributed by atoms with Crippen LogP contribution in [0.3, 0.4) is 0 Å². The van der Waals surface area contributed by atoms with Crippen molar-refractivity contribution in [2.24, 2.45) is 0 Å². The van der Waals surface area contributed by atoms with E-state index in [1.807, 2.05) is 18.2 Å². The monoisotopic (exact) mass is 347 g/mol. The van der Waals surface area contributed by atoms with Crippen molar-refractivity contribution >= 4 is 17.5 Å². The highest BCUT2D eigenvalue weighted by molar-refractivity contribution is 6.30. The first-order valence-corrected chi connectivity index (χ1v) is 8.29. The second-order valence-electron chi connectivity index (χ2n) is 5.46. The van der Waals surface area contributed by atoms with E-state index in [1.54, 1.807) is 38.3 Å². The average molecular weight is 348 g/mol. The summed E-state index contributed by atoms with van der Waals surface area (Å²) < 4.78 is 10.8. The zero-order valence-electron chi connectivity index (χ0n) is 13.9. The molecule has 1 amide bonds. The Balaban J connectivity index is 1.71. The molecular formula is C19H22ClNO3. The SMILES string of the molecule is COc1cccc(CCCNC(=O)[C@H](C)Oc2ccc(Cl)cc2)c1. The molecule has 0 unspecified atom stereocenters. The van der Waals surface area contributed by atoms with Gasteiger partial charge in [0.2, 0.25) is 0 Å². The van der Waals surface area contributed by atoms with E-state index in [4.69, 9.17) is 21.1 Å². The predicted molar refractivity (Wildman–Crippen MR) is 95.9 cm³/mol. The summed E-state index contributed by atoms with van der Waals surface area (Å²) in [5.41, 5.74) is 1.19. The van der Waals surface area contributed by atoms with Crippen LogP contribution in [0.25, 0.3) is 0 Å². The molecule has 1 N–H and O–H groups in total. The zero-order valence-corrected chi connectivity index (χ0v) is 14.7. The van der Waals surface area contributed by atoms with Gasteiger partial charge in [0.05, 0.1) is 7.11 Å². The lowest BCUT2D eigenvalue weighted by Gasteiger charge is -2.14. The fourth-order valence-electron chi connectivity index (χ4n) is 2.25. The first-order valence-electron chi connectivity index (χ1n) is 7.91. The number of halogens is 1. The topological polar surface area (TPSA) is 47.6 Å². The third-order valence-corrected chi connectivity index (χ3v) is 3.82. The van der Waals surface area contributed by atoms with Crippen LogP contribution in [-0.4, -0.2) is 25.7 Å². The molecule has 0 aliphatic rings. The van der Waals surface area contributed by atoms with Gasteiger partial charge in [0.15, 0.2) is 6.10 Å². The molecule has 0 radical (unpaired) electrons. The number of carbonyl (C=O) groups excluding carboxylic acids is 1. The van der Waals surface area contributed by atoms with Crippen LogP contribution in [0.15, 0.2) is 48.5 Å². The quantitative estimate of drug-likeness (QED) is 0.737. The number of benzene rings is 2. The maximum Gasteiger partial charge on any atom is 0.260 e. The molecule has 2 aromatic rings. The van der Waals surface area contributed by atoms with E-state index in [0.717, 1.165) is 18.6 Å². The lowest BCUT2D eigenvalue weighted by molar-refractivity contribution is -0.127. The van der Waals surface area contributed by atoms with Crippen LogP contribution in [-0.2, 0) is 11.2 Å². The number of ether oxygens (including phenoxy) is 2. The van der Waals surface area contributed by atoms with Crippen LogP contribution in [0.1, 0.15) is 18.9 Å². The summed E-state index contributed by atoms with van der Waals surface area (Å²) in [5, 5.41) is 3.53. The second kappa shape index (κ2) is 9.18. The summed E-state index contributed by atoms with van der Waals surface area (Å²) in [6, 6.07) is 14.9. The molecule has 0 heterocycles. The molecule has 0 bridgehead atoms. The van der Waals surface area contributed by atoms with Crippen molar-refractivity contribution in [3.63, 3.8) is 0 Å². The number of amides is 1. The smallest absolute Gasteiger partial charge is 0.260 e. The van der Waals surface area contributed by atoms with E-state index in [9.17, 15) is 4.79 Å². The Hall–Kier alpha value is -2.20. The lowest BCUT2D eigenvalue weighted by Crippen LogP contribution is -2.36. The highest BCUT2D eigenvalue weighted by atomic mass is 35.5. The zero-order chi connectivity index (χ0) is 17.4. The van der Waals surface area contributed by atoms with Crippen LogP contribution in [0.4, 0.5) is 0 Å². The maximum absolute atomic E-state index is 12.0. The van der Waals surface area contributed by atoms with Gasteiger partial charge in [0.1, 0.15) is 11.5 Å². The standard InChI is InChI=1S/C19H22ClNO3/c1-14(24-17-10-8-16(20)9-11-17)19(22)21-12-4-6-15-5-3-7-18(13-15)23-2/h3,5,7-11,13-14H,4,6,12H2,1-2H3,(H,21,22)/t14-/m0/s1. The first kappa shape index (κ1) is 18.1. The average Bonchev–Trinajstić information content (AvgIpc) is 2.60. The molecule has 24 heavy (non-hydrogen) atoms. The summed E-state index contributed by atoms with van der Waals surface area (Å²) in [6.07, 6.45) is 1.18. The number of carbonyl (C=O) groups is 1. The molecule has 1 atom stereocenters. The van der Waals surface area contributed by atoms with Crippen LogP contribution in [0.5, 0.6) is 11.5 Å². The van der Waals surface area contributed by atoms with E-state index in [2.05, 4.69) is 11.4 Å². The van der Waals surface area contributed by atoms with Gasteiger partial charge >= 0.3 is 0 Å². The molecule has 0 aromatic heterocycles. The molecule has 0 fully saturated rings. The van der Waals surface area contributed by atoms with E-state index in [1.165, 1.54) is 5.56 Å². The molecule has 4 nitrogen and oxygen atoms in total. The van der Waals surface area contributed by atoms with E-state index in [-0.39, 0.29) is 5.91 Å². The van der Waals surface area contributed by atoms with Crippen LogP contribution in [0.2, 0.25) is 5.02 Å². The summed E-state index contributed by atoms with van der Waals surface area (Å²) in [7, 11) is 1.65. The van der Waals surface area contributed by atoms with Crippen molar-refractivity contribution in [1.29, 1.82) is 0 Å². The van der Waals surface area contributed by atoms with Gasteiger partial charge in [-0.2, -0.15) is 0 Å². The number of rotatable bonds is 8. The van der Waals surface area contributed by atoms with Gasteiger partial charge in [-0.3, -0.25) is 4.79 Å². The number of hydrogen-bond donors (Lipinski definition) is 1. The molecule has 0 aliphatic carbocycles. The predicted octanol–water partition coefficient (Wildman–Crippen LogP) is 3.86. The van der Waals surface area contributed by atoms with Crippen LogP contribution in [0, 0.1) is 0 Å². The van der Waals surface area contributed by atoms with E-state index < -0.39 is 6.10 Å². The minimum Gasteiger partial charge on any atom is -0.497 e. The molecule has 0 aliphatic heterocycles. The van der Waals surface area contributed by atoms with E-state index in [0.29, 0.717) is 17.3 Å². The Morgan fingerprint density at radius 1 is 1.17 bits per heavy atom. The van der Waals surface area contributed by atoms with E-state index >= 15 is 0 Å².